The molecule has 0 aliphatic heterocycles. The van der Waals surface area contributed by atoms with Gasteiger partial charge in [-0.15, -0.1) is 0 Å². The fourth-order valence-corrected chi connectivity index (χ4v) is 2.03. The molecule has 0 unspecified atom stereocenters. The van der Waals surface area contributed by atoms with Gasteiger partial charge in [0.05, 0.1) is 0 Å². The molecule has 0 fully saturated rings. The molecule has 0 bridgehead atoms. The van der Waals surface area contributed by atoms with Crippen molar-refractivity contribution in [2.45, 2.75) is 32.2 Å². The molecular formula is C12H17N. The van der Waals surface area contributed by atoms with Crippen LogP contribution < -0.4 is 5.32 Å². The number of rotatable bonds is 2. The van der Waals surface area contributed by atoms with Gasteiger partial charge in [0.2, 0.25) is 0 Å². The van der Waals surface area contributed by atoms with Crippen LogP contribution in [0.2, 0.25) is 0 Å². The van der Waals surface area contributed by atoms with E-state index in [2.05, 4.69) is 30.4 Å². The number of nitrogens with one attached hydrogen (secondary N) is 1. The van der Waals surface area contributed by atoms with Crippen molar-refractivity contribution < 1.29 is 0 Å². The summed E-state index contributed by atoms with van der Waals surface area (Å²) in [5.74, 6) is 0. The molecule has 0 radical (unpaired) electrons. The van der Waals surface area contributed by atoms with E-state index in [1.165, 1.54) is 24.8 Å². The van der Waals surface area contributed by atoms with Crippen molar-refractivity contribution >= 4 is 0 Å². The van der Waals surface area contributed by atoms with Crippen LogP contribution in [0.1, 0.15) is 36.1 Å². The molecule has 2 rings (SSSR count). The maximum absolute atomic E-state index is 3.27. The van der Waals surface area contributed by atoms with Crippen molar-refractivity contribution in [1.82, 2.24) is 5.32 Å². The smallest absolute Gasteiger partial charge is 0.0289 e. The van der Waals surface area contributed by atoms with Gasteiger partial charge in [-0.2, -0.15) is 0 Å². The molecule has 1 nitrogen and oxygen atoms in total. The van der Waals surface area contributed by atoms with E-state index < -0.39 is 0 Å². The summed E-state index contributed by atoms with van der Waals surface area (Å²) in [7, 11) is 2.01. The normalized spacial score (nSPS) is 17.1. The van der Waals surface area contributed by atoms with Crippen molar-refractivity contribution in [3.8, 4) is 0 Å². The first-order valence-corrected chi connectivity index (χ1v) is 5.10. The summed E-state index contributed by atoms with van der Waals surface area (Å²) in [6, 6.07) is 7.39. The molecule has 1 N–H and O–H groups in total. The summed E-state index contributed by atoms with van der Waals surface area (Å²) < 4.78 is 0. The molecule has 0 amide bonds. The summed E-state index contributed by atoms with van der Waals surface area (Å²) in [6.45, 7) is 2.21. The third-order valence-corrected chi connectivity index (χ3v) is 3.06. The van der Waals surface area contributed by atoms with E-state index in [4.69, 9.17) is 0 Å². The second kappa shape index (κ2) is 3.51. The summed E-state index contributed by atoms with van der Waals surface area (Å²) in [5.41, 5.74) is 4.55. The van der Waals surface area contributed by atoms with Gasteiger partial charge in [-0.25, -0.2) is 0 Å². The lowest BCUT2D eigenvalue weighted by Crippen LogP contribution is -2.12. The Morgan fingerprint density at radius 2 is 2.00 bits per heavy atom. The minimum absolute atomic E-state index is 0.478. The van der Waals surface area contributed by atoms with Crippen LogP contribution in [0.15, 0.2) is 18.2 Å². The molecule has 1 aromatic carbocycles. The lowest BCUT2D eigenvalue weighted by atomic mass is 10.0. The van der Waals surface area contributed by atoms with Crippen LogP contribution in [-0.2, 0) is 12.8 Å². The molecule has 1 atom stereocenters. The molecule has 1 aromatic rings. The van der Waals surface area contributed by atoms with Gasteiger partial charge in [0.25, 0.3) is 0 Å². The van der Waals surface area contributed by atoms with E-state index in [1.807, 2.05) is 7.05 Å². The Morgan fingerprint density at radius 3 is 2.77 bits per heavy atom. The summed E-state index contributed by atoms with van der Waals surface area (Å²) in [5, 5.41) is 3.27. The highest BCUT2D eigenvalue weighted by atomic mass is 14.8. The Labute approximate surface area is 80.2 Å². The predicted octanol–water partition coefficient (Wildman–Crippen LogP) is 2.46. The second-order valence-electron chi connectivity index (χ2n) is 3.89. The van der Waals surface area contributed by atoms with Crippen LogP contribution >= 0.6 is 0 Å². The van der Waals surface area contributed by atoms with Crippen LogP contribution in [-0.4, -0.2) is 7.05 Å². The first-order valence-electron chi connectivity index (χ1n) is 5.10. The maximum Gasteiger partial charge on any atom is 0.0289 e. The van der Waals surface area contributed by atoms with Gasteiger partial charge in [0, 0.05) is 6.04 Å². The standard InChI is InChI=1S/C12H17N/c1-9(13-2)11-7-6-10-4-3-5-12(10)8-11/h6-9,13H,3-5H2,1-2H3/t9-/m0/s1. The van der Waals surface area contributed by atoms with Crippen LogP contribution in [0, 0.1) is 0 Å². The Morgan fingerprint density at radius 1 is 1.23 bits per heavy atom. The Bertz CT molecular complexity index is 304. The number of fused-ring (bicyclic) bond motifs is 1. The molecule has 1 aliphatic rings. The predicted molar refractivity (Wildman–Crippen MR) is 55.9 cm³/mol. The van der Waals surface area contributed by atoms with Gasteiger partial charge in [-0.3, -0.25) is 0 Å². The molecule has 0 saturated heterocycles. The molecule has 13 heavy (non-hydrogen) atoms. The lowest BCUT2D eigenvalue weighted by Gasteiger charge is -2.11. The lowest BCUT2D eigenvalue weighted by molar-refractivity contribution is 0.651. The van der Waals surface area contributed by atoms with Gasteiger partial charge in [0.1, 0.15) is 0 Å². The average Bonchev–Trinajstić information content (AvgIpc) is 2.63. The summed E-state index contributed by atoms with van der Waals surface area (Å²) >= 11 is 0. The molecule has 0 heterocycles. The van der Waals surface area contributed by atoms with Crippen molar-refractivity contribution in [3.05, 3.63) is 34.9 Å². The van der Waals surface area contributed by atoms with E-state index in [1.54, 1.807) is 11.1 Å². The average molecular weight is 175 g/mol. The Hall–Kier alpha value is -0.820. The molecule has 0 spiro atoms. The molecular weight excluding hydrogens is 158 g/mol. The third-order valence-electron chi connectivity index (χ3n) is 3.06. The van der Waals surface area contributed by atoms with Gasteiger partial charge in [-0.05, 0) is 49.9 Å². The first kappa shape index (κ1) is 8.76. The minimum atomic E-state index is 0.478. The fourth-order valence-electron chi connectivity index (χ4n) is 2.03. The van der Waals surface area contributed by atoms with Crippen LogP contribution in [0.5, 0.6) is 0 Å². The SMILES string of the molecule is CN[C@@H](C)c1ccc2c(c1)CCC2. The van der Waals surface area contributed by atoms with E-state index in [0.29, 0.717) is 6.04 Å². The van der Waals surface area contributed by atoms with Crippen LogP contribution in [0.3, 0.4) is 0 Å². The zero-order chi connectivity index (χ0) is 9.26. The topological polar surface area (TPSA) is 12.0 Å². The van der Waals surface area contributed by atoms with E-state index >= 15 is 0 Å². The quantitative estimate of drug-likeness (QED) is 0.728. The monoisotopic (exact) mass is 175 g/mol. The van der Waals surface area contributed by atoms with Gasteiger partial charge in [-0.1, -0.05) is 18.2 Å². The molecule has 1 heteroatoms. The summed E-state index contributed by atoms with van der Waals surface area (Å²) in [6.07, 6.45) is 3.90. The highest BCUT2D eigenvalue weighted by molar-refractivity contribution is 5.36. The largest absolute Gasteiger partial charge is 0.313 e. The van der Waals surface area contributed by atoms with Crippen molar-refractivity contribution in [2.24, 2.45) is 0 Å². The fraction of sp³-hybridized carbons (Fsp3) is 0.500. The molecule has 1 aliphatic carbocycles. The highest BCUT2D eigenvalue weighted by Crippen LogP contribution is 2.24. The number of aryl methyl sites for hydroxylation is 2. The first-order chi connectivity index (χ1) is 6.31. The third kappa shape index (κ3) is 1.61. The maximum atomic E-state index is 3.27. The number of hydrogen-bond acceptors (Lipinski definition) is 1. The van der Waals surface area contributed by atoms with Crippen LogP contribution in [0.25, 0.3) is 0 Å². The Kier molecular flexibility index (Phi) is 2.36. The highest BCUT2D eigenvalue weighted by Gasteiger charge is 2.12. The summed E-state index contributed by atoms with van der Waals surface area (Å²) in [4.78, 5) is 0. The van der Waals surface area contributed by atoms with Gasteiger partial charge < -0.3 is 5.32 Å². The van der Waals surface area contributed by atoms with Gasteiger partial charge >= 0.3 is 0 Å². The zero-order valence-electron chi connectivity index (χ0n) is 8.43. The van der Waals surface area contributed by atoms with E-state index in [-0.39, 0.29) is 0 Å². The minimum Gasteiger partial charge on any atom is -0.313 e. The van der Waals surface area contributed by atoms with Crippen molar-refractivity contribution in [2.75, 3.05) is 7.05 Å². The second-order valence-corrected chi connectivity index (χ2v) is 3.89. The van der Waals surface area contributed by atoms with Crippen LogP contribution in [0.4, 0.5) is 0 Å². The van der Waals surface area contributed by atoms with Crippen molar-refractivity contribution in [1.29, 1.82) is 0 Å². The molecule has 0 saturated carbocycles. The zero-order valence-corrected chi connectivity index (χ0v) is 8.43. The Balaban J connectivity index is 2.30. The van der Waals surface area contributed by atoms with E-state index in [9.17, 15) is 0 Å². The number of hydrogen-bond donors (Lipinski definition) is 1. The van der Waals surface area contributed by atoms with Gasteiger partial charge in [0.15, 0.2) is 0 Å². The molecule has 0 aromatic heterocycles. The van der Waals surface area contributed by atoms with Crippen molar-refractivity contribution in [3.63, 3.8) is 0 Å². The van der Waals surface area contributed by atoms with E-state index in [0.717, 1.165) is 0 Å². The number of benzene rings is 1. The molecule has 70 valence electrons.